The van der Waals surface area contributed by atoms with Crippen LogP contribution < -0.4 is 0 Å². The number of alkyl halides is 1. The molecule has 74 valence electrons. The van der Waals surface area contributed by atoms with Crippen molar-refractivity contribution in [2.24, 2.45) is 0 Å². The van der Waals surface area contributed by atoms with E-state index in [1.165, 1.54) is 11.5 Å². The van der Waals surface area contributed by atoms with Crippen molar-refractivity contribution >= 4 is 34.9 Å². The summed E-state index contributed by atoms with van der Waals surface area (Å²) in [5, 5.41) is 0. The minimum atomic E-state index is 0.730. The van der Waals surface area contributed by atoms with Crippen LogP contribution in [0.5, 0.6) is 0 Å². The molecule has 0 aliphatic rings. The standard InChI is InChI=1S/C8H13ClN2S2/c1-2-4-7-10-8(13-11-7)12-6-3-5-9/h2-6H2,1H3. The van der Waals surface area contributed by atoms with Gasteiger partial charge >= 0.3 is 0 Å². The molecule has 0 bridgehead atoms. The van der Waals surface area contributed by atoms with Crippen molar-refractivity contribution in [3.63, 3.8) is 0 Å². The van der Waals surface area contributed by atoms with Crippen LogP contribution in [-0.2, 0) is 6.42 Å². The fourth-order valence-corrected chi connectivity index (χ4v) is 2.80. The molecule has 0 saturated carbocycles. The Morgan fingerprint density at radius 2 is 2.38 bits per heavy atom. The van der Waals surface area contributed by atoms with Gasteiger partial charge in [0.05, 0.1) is 0 Å². The Morgan fingerprint density at radius 1 is 1.54 bits per heavy atom. The number of hydrogen-bond donors (Lipinski definition) is 0. The van der Waals surface area contributed by atoms with Crippen molar-refractivity contribution in [3.05, 3.63) is 5.82 Å². The van der Waals surface area contributed by atoms with E-state index in [1.807, 2.05) is 0 Å². The van der Waals surface area contributed by atoms with Gasteiger partial charge in [0.1, 0.15) is 5.82 Å². The Bertz CT molecular complexity index is 240. The minimum absolute atomic E-state index is 0.730. The van der Waals surface area contributed by atoms with Crippen molar-refractivity contribution in [3.8, 4) is 0 Å². The fraction of sp³-hybridized carbons (Fsp3) is 0.750. The van der Waals surface area contributed by atoms with E-state index in [0.717, 1.165) is 41.1 Å². The van der Waals surface area contributed by atoms with Crippen LogP contribution in [0.4, 0.5) is 0 Å². The summed E-state index contributed by atoms with van der Waals surface area (Å²) in [4.78, 5) is 4.40. The van der Waals surface area contributed by atoms with Gasteiger partial charge in [-0.2, -0.15) is 4.37 Å². The second kappa shape index (κ2) is 6.62. The molecule has 0 spiro atoms. The highest BCUT2D eigenvalue weighted by molar-refractivity contribution is 8.00. The molecule has 0 atom stereocenters. The van der Waals surface area contributed by atoms with Crippen LogP contribution in [0, 0.1) is 0 Å². The summed E-state index contributed by atoms with van der Waals surface area (Å²) in [5.41, 5.74) is 0. The Labute approximate surface area is 92.3 Å². The number of hydrogen-bond acceptors (Lipinski definition) is 4. The van der Waals surface area contributed by atoms with Crippen molar-refractivity contribution in [1.82, 2.24) is 9.36 Å². The minimum Gasteiger partial charge on any atom is -0.213 e. The zero-order valence-electron chi connectivity index (χ0n) is 7.62. The van der Waals surface area contributed by atoms with Crippen LogP contribution in [0.2, 0.25) is 0 Å². The molecular weight excluding hydrogens is 224 g/mol. The Balaban J connectivity index is 2.31. The average Bonchev–Trinajstić information content (AvgIpc) is 2.54. The van der Waals surface area contributed by atoms with E-state index >= 15 is 0 Å². The second-order valence-corrected chi connectivity index (χ2v) is 5.09. The molecule has 1 aromatic rings. The molecule has 13 heavy (non-hydrogen) atoms. The molecule has 0 aliphatic heterocycles. The molecule has 0 radical (unpaired) electrons. The molecular formula is C8H13ClN2S2. The van der Waals surface area contributed by atoms with Gasteiger partial charge in [-0.15, -0.1) is 11.6 Å². The molecule has 0 amide bonds. The van der Waals surface area contributed by atoms with Crippen molar-refractivity contribution < 1.29 is 0 Å². The van der Waals surface area contributed by atoms with E-state index in [-0.39, 0.29) is 0 Å². The SMILES string of the molecule is CCCc1nsc(SCCCCl)n1. The van der Waals surface area contributed by atoms with Crippen LogP contribution in [0.1, 0.15) is 25.6 Å². The Morgan fingerprint density at radius 3 is 3.08 bits per heavy atom. The molecule has 0 fully saturated rings. The normalized spacial score (nSPS) is 10.6. The third kappa shape index (κ3) is 4.29. The number of thioether (sulfide) groups is 1. The summed E-state index contributed by atoms with van der Waals surface area (Å²) in [6.07, 6.45) is 3.14. The van der Waals surface area contributed by atoms with Crippen LogP contribution in [0.3, 0.4) is 0 Å². The first-order valence-corrected chi connectivity index (χ1v) is 6.67. The zero-order chi connectivity index (χ0) is 9.52. The van der Waals surface area contributed by atoms with Gasteiger partial charge in [0.2, 0.25) is 0 Å². The number of aromatic nitrogens is 2. The largest absolute Gasteiger partial charge is 0.213 e. The van der Waals surface area contributed by atoms with Gasteiger partial charge in [-0.25, -0.2) is 4.98 Å². The van der Waals surface area contributed by atoms with Gasteiger partial charge in [-0.1, -0.05) is 18.7 Å². The first-order chi connectivity index (χ1) is 6.36. The maximum atomic E-state index is 5.58. The fourth-order valence-electron chi connectivity index (χ4n) is 0.836. The lowest BCUT2D eigenvalue weighted by molar-refractivity contribution is 0.850. The number of rotatable bonds is 6. The molecule has 5 heteroatoms. The molecule has 1 rings (SSSR count). The molecule has 1 aromatic heterocycles. The van der Waals surface area contributed by atoms with E-state index in [2.05, 4.69) is 16.3 Å². The average molecular weight is 237 g/mol. The Kier molecular flexibility index (Phi) is 5.75. The molecule has 0 saturated heterocycles. The highest BCUT2D eigenvalue weighted by atomic mass is 35.5. The summed E-state index contributed by atoms with van der Waals surface area (Å²) < 4.78 is 5.34. The van der Waals surface area contributed by atoms with E-state index in [4.69, 9.17) is 11.6 Å². The molecule has 2 nitrogen and oxygen atoms in total. The van der Waals surface area contributed by atoms with Crippen molar-refractivity contribution in [2.75, 3.05) is 11.6 Å². The van der Waals surface area contributed by atoms with Crippen LogP contribution >= 0.6 is 34.9 Å². The summed E-state index contributed by atoms with van der Waals surface area (Å²) in [5.74, 6) is 2.76. The summed E-state index contributed by atoms with van der Waals surface area (Å²) in [7, 11) is 0. The lowest BCUT2D eigenvalue weighted by Crippen LogP contribution is -1.85. The van der Waals surface area contributed by atoms with Gasteiger partial charge in [0.25, 0.3) is 0 Å². The van der Waals surface area contributed by atoms with E-state index in [1.54, 1.807) is 11.8 Å². The van der Waals surface area contributed by atoms with Gasteiger partial charge in [-0.05, 0) is 24.4 Å². The highest BCUT2D eigenvalue weighted by Crippen LogP contribution is 2.21. The first-order valence-electron chi connectivity index (χ1n) is 4.38. The van der Waals surface area contributed by atoms with Gasteiger partial charge in [0, 0.05) is 18.1 Å². The molecule has 0 aromatic carbocycles. The molecule has 0 aliphatic carbocycles. The third-order valence-corrected chi connectivity index (χ3v) is 3.65. The highest BCUT2D eigenvalue weighted by Gasteiger charge is 2.02. The van der Waals surface area contributed by atoms with Crippen LogP contribution in [0.15, 0.2) is 4.34 Å². The molecule has 0 N–H and O–H groups in total. The predicted molar refractivity (Wildman–Crippen MR) is 60.0 cm³/mol. The van der Waals surface area contributed by atoms with Crippen LogP contribution in [0.25, 0.3) is 0 Å². The molecule has 1 heterocycles. The van der Waals surface area contributed by atoms with Crippen LogP contribution in [-0.4, -0.2) is 21.0 Å². The van der Waals surface area contributed by atoms with Crippen molar-refractivity contribution in [2.45, 2.75) is 30.5 Å². The zero-order valence-corrected chi connectivity index (χ0v) is 10.0. The van der Waals surface area contributed by atoms with Gasteiger partial charge < -0.3 is 0 Å². The summed E-state index contributed by atoms with van der Waals surface area (Å²) >= 11 is 8.83. The van der Waals surface area contributed by atoms with E-state index < -0.39 is 0 Å². The number of nitrogens with zero attached hydrogens (tertiary/aromatic N) is 2. The third-order valence-electron chi connectivity index (χ3n) is 1.43. The Hall–Kier alpha value is 0.200. The van der Waals surface area contributed by atoms with E-state index in [9.17, 15) is 0 Å². The predicted octanol–water partition coefficient (Wildman–Crippen LogP) is 3.21. The second-order valence-electron chi connectivity index (χ2n) is 2.62. The van der Waals surface area contributed by atoms with Gasteiger partial charge in [-0.3, -0.25) is 0 Å². The monoisotopic (exact) mass is 236 g/mol. The summed E-state index contributed by atoms with van der Waals surface area (Å²) in [6, 6.07) is 0. The molecule has 0 unspecified atom stereocenters. The quantitative estimate of drug-likeness (QED) is 0.431. The first kappa shape index (κ1) is 11.3. The van der Waals surface area contributed by atoms with Gasteiger partial charge in [0.15, 0.2) is 4.34 Å². The lowest BCUT2D eigenvalue weighted by Gasteiger charge is -1.91. The number of halogens is 1. The number of aryl methyl sites for hydroxylation is 1. The maximum absolute atomic E-state index is 5.58. The lowest BCUT2D eigenvalue weighted by atomic mass is 10.3. The van der Waals surface area contributed by atoms with Crippen molar-refractivity contribution in [1.29, 1.82) is 0 Å². The maximum Gasteiger partial charge on any atom is 0.170 e. The topological polar surface area (TPSA) is 25.8 Å². The summed E-state index contributed by atoms with van der Waals surface area (Å²) in [6.45, 7) is 2.14. The van der Waals surface area contributed by atoms with E-state index in [0.29, 0.717) is 0 Å². The smallest absolute Gasteiger partial charge is 0.170 e.